The molecule has 1 heterocycles. The van der Waals surface area contributed by atoms with Crippen molar-refractivity contribution < 1.29 is 9.59 Å². The van der Waals surface area contributed by atoms with E-state index in [1.54, 1.807) is 6.92 Å². The topological polar surface area (TPSA) is 58.5 Å². The second-order valence-electron chi connectivity index (χ2n) is 1.94. The van der Waals surface area contributed by atoms with Crippen molar-refractivity contribution in [2.45, 2.75) is 20.8 Å². The molecule has 0 unspecified atom stereocenters. The van der Waals surface area contributed by atoms with E-state index in [-0.39, 0.29) is 5.57 Å². The Hall–Kier alpha value is -1.45. The van der Waals surface area contributed by atoms with Gasteiger partial charge >= 0.3 is 6.03 Å². The highest BCUT2D eigenvalue weighted by molar-refractivity contribution is 6.28. The Labute approximate surface area is 71.4 Å². The molecular formula is C8H12N2O2. The van der Waals surface area contributed by atoms with Gasteiger partial charge in [0, 0.05) is 0 Å². The van der Waals surface area contributed by atoms with Gasteiger partial charge in [-0.05, 0) is 6.92 Å². The van der Waals surface area contributed by atoms with Crippen LogP contribution in [0.4, 0.5) is 4.79 Å². The van der Waals surface area contributed by atoms with E-state index in [2.05, 4.69) is 11.6 Å². The summed E-state index contributed by atoms with van der Waals surface area (Å²) in [5.74, 6) is -0.461. The van der Waals surface area contributed by atoms with E-state index in [1.165, 1.54) is 0 Å². The zero-order chi connectivity index (χ0) is 9.72. The van der Waals surface area contributed by atoms with Gasteiger partial charge in [0.1, 0.15) is 0 Å². The molecule has 0 radical (unpaired) electrons. The van der Waals surface area contributed by atoms with E-state index in [4.69, 9.17) is 0 Å². The number of aliphatic imine (C=N–C) groups is 1. The van der Waals surface area contributed by atoms with Crippen molar-refractivity contribution in [3.8, 4) is 0 Å². The van der Waals surface area contributed by atoms with Gasteiger partial charge in [0.2, 0.25) is 0 Å². The lowest BCUT2D eigenvalue weighted by atomic mass is 10.2. The van der Waals surface area contributed by atoms with Crippen LogP contribution in [0.3, 0.4) is 0 Å². The Balaban J connectivity index is 0.000000561. The predicted octanol–water partition coefficient (Wildman–Crippen LogP) is 1.28. The molecule has 0 saturated carbocycles. The molecular weight excluding hydrogens is 156 g/mol. The van der Waals surface area contributed by atoms with E-state index < -0.39 is 11.9 Å². The number of urea groups is 1. The van der Waals surface area contributed by atoms with E-state index in [0.717, 1.165) is 0 Å². The van der Waals surface area contributed by atoms with Gasteiger partial charge < -0.3 is 0 Å². The van der Waals surface area contributed by atoms with Crippen molar-refractivity contribution in [1.82, 2.24) is 5.32 Å². The van der Waals surface area contributed by atoms with Gasteiger partial charge in [-0.25, -0.2) is 4.79 Å². The number of hydrogen-bond donors (Lipinski definition) is 1. The third-order valence-electron chi connectivity index (χ3n) is 1.20. The van der Waals surface area contributed by atoms with Crippen LogP contribution < -0.4 is 5.32 Å². The number of carbonyl (C=O) groups is 2. The third-order valence-corrected chi connectivity index (χ3v) is 1.20. The molecule has 0 spiro atoms. The molecule has 1 N–H and O–H groups in total. The number of imide groups is 1. The molecule has 0 aromatic carbocycles. The summed E-state index contributed by atoms with van der Waals surface area (Å²) >= 11 is 0. The lowest BCUT2D eigenvalue weighted by molar-refractivity contribution is -0.116. The number of nitrogens with one attached hydrogen (secondary N) is 1. The molecule has 12 heavy (non-hydrogen) atoms. The second kappa shape index (κ2) is 4.43. The summed E-state index contributed by atoms with van der Waals surface area (Å²) in [5.41, 5.74) is 0.633. The van der Waals surface area contributed by atoms with E-state index >= 15 is 0 Å². The van der Waals surface area contributed by atoms with Gasteiger partial charge in [0.15, 0.2) is 0 Å². The van der Waals surface area contributed by atoms with Crippen molar-refractivity contribution in [2.75, 3.05) is 0 Å². The molecule has 0 aliphatic carbocycles. The third kappa shape index (κ3) is 2.30. The Morgan fingerprint density at radius 1 is 1.33 bits per heavy atom. The van der Waals surface area contributed by atoms with E-state index in [1.807, 2.05) is 19.2 Å². The average molecular weight is 168 g/mol. The number of nitrogens with zero attached hydrogens (tertiary/aromatic N) is 1. The van der Waals surface area contributed by atoms with Crippen LogP contribution in [0.2, 0.25) is 0 Å². The SMILES string of the molecule is C=C1C(=O)NC(=O)N=C1C.CC. The zero-order valence-electron chi connectivity index (χ0n) is 7.47. The Bertz CT molecular complexity index is 254. The van der Waals surface area contributed by atoms with Crippen LogP contribution in [0.15, 0.2) is 17.1 Å². The lowest BCUT2D eigenvalue weighted by Crippen LogP contribution is -2.35. The molecule has 66 valence electrons. The average Bonchev–Trinajstić information content (AvgIpc) is 2.04. The fourth-order valence-corrected chi connectivity index (χ4v) is 0.585. The first-order valence-corrected chi connectivity index (χ1v) is 3.71. The number of hydrogen-bond acceptors (Lipinski definition) is 2. The molecule has 0 atom stereocenters. The van der Waals surface area contributed by atoms with Crippen LogP contribution in [0, 0.1) is 0 Å². The van der Waals surface area contributed by atoms with Crippen molar-refractivity contribution in [3.63, 3.8) is 0 Å². The van der Waals surface area contributed by atoms with Crippen LogP contribution in [0.1, 0.15) is 20.8 Å². The Kier molecular flexibility index (Phi) is 3.90. The van der Waals surface area contributed by atoms with Gasteiger partial charge in [0.25, 0.3) is 5.91 Å². The summed E-state index contributed by atoms with van der Waals surface area (Å²) in [7, 11) is 0. The van der Waals surface area contributed by atoms with Gasteiger partial charge in [-0.15, -0.1) is 0 Å². The van der Waals surface area contributed by atoms with Gasteiger partial charge in [-0.2, -0.15) is 4.99 Å². The molecule has 1 aliphatic heterocycles. The molecule has 0 aromatic rings. The molecule has 0 saturated heterocycles. The molecule has 4 nitrogen and oxygen atoms in total. The minimum Gasteiger partial charge on any atom is -0.272 e. The van der Waals surface area contributed by atoms with E-state index in [9.17, 15) is 9.59 Å². The lowest BCUT2D eigenvalue weighted by Gasteiger charge is -2.08. The molecule has 3 amide bonds. The Morgan fingerprint density at radius 3 is 2.25 bits per heavy atom. The van der Waals surface area contributed by atoms with Crippen LogP contribution in [-0.4, -0.2) is 17.6 Å². The highest BCUT2D eigenvalue weighted by atomic mass is 16.2. The fourth-order valence-electron chi connectivity index (χ4n) is 0.585. The van der Waals surface area contributed by atoms with Crippen LogP contribution >= 0.6 is 0 Å². The highest BCUT2D eigenvalue weighted by Crippen LogP contribution is 2.00. The molecule has 0 bridgehead atoms. The molecule has 1 aliphatic rings. The second-order valence-corrected chi connectivity index (χ2v) is 1.94. The fraction of sp³-hybridized carbons (Fsp3) is 0.375. The minimum atomic E-state index is -0.616. The van der Waals surface area contributed by atoms with Crippen molar-refractivity contribution in [3.05, 3.63) is 12.2 Å². The molecule has 1 rings (SSSR count). The monoisotopic (exact) mass is 168 g/mol. The maximum atomic E-state index is 10.7. The van der Waals surface area contributed by atoms with Gasteiger partial charge in [-0.3, -0.25) is 10.1 Å². The van der Waals surface area contributed by atoms with Crippen LogP contribution in [0.25, 0.3) is 0 Å². The van der Waals surface area contributed by atoms with Gasteiger partial charge in [-0.1, -0.05) is 20.4 Å². The summed E-state index contributed by atoms with van der Waals surface area (Å²) in [5, 5.41) is 1.99. The van der Waals surface area contributed by atoms with Crippen molar-refractivity contribution in [2.24, 2.45) is 4.99 Å². The maximum Gasteiger partial charge on any atom is 0.348 e. The zero-order valence-corrected chi connectivity index (χ0v) is 7.47. The number of carbonyl (C=O) groups excluding carboxylic acids is 2. The first-order valence-electron chi connectivity index (χ1n) is 3.71. The summed E-state index contributed by atoms with van der Waals surface area (Å²) in [6, 6.07) is -0.616. The molecule has 4 heteroatoms. The summed E-state index contributed by atoms with van der Waals surface area (Å²) in [6.07, 6.45) is 0. The predicted molar refractivity (Wildman–Crippen MR) is 47.1 cm³/mol. The largest absolute Gasteiger partial charge is 0.348 e. The summed E-state index contributed by atoms with van der Waals surface area (Å²) in [6.45, 7) is 8.98. The first kappa shape index (κ1) is 10.6. The smallest absolute Gasteiger partial charge is 0.272 e. The van der Waals surface area contributed by atoms with E-state index in [0.29, 0.717) is 5.71 Å². The normalized spacial score (nSPS) is 15.9. The van der Waals surface area contributed by atoms with Crippen LogP contribution in [-0.2, 0) is 4.79 Å². The van der Waals surface area contributed by atoms with Gasteiger partial charge in [0.05, 0.1) is 11.3 Å². The standard InChI is InChI=1S/C6H6N2O2.C2H6/c1-3-4(2)7-6(10)8-5(3)9;1-2/h1H2,2H3,(H,8,9,10);1-2H3. The highest BCUT2D eigenvalue weighted by Gasteiger charge is 2.18. The quantitative estimate of drug-likeness (QED) is 0.554. The van der Waals surface area contributed by atoms with Crippen molar-refractivity contribution in [1.29, 1.82) is 0 Å². The Morgan fingerprint density at radius 2 is 1.83 bits per heavy atom. The molecule has 0 fully saturated rings. The molecule has 0 aromatic heterocycles. The summed E-state index contributed by atoms with van der Waals surface area (Å²) < 4.78 is 0. The first-order chi connectivity index (χ1) is 5.61. The maximum absolute atomic E-state index is 10.7. The summed E-state index contributed by atoms with van der Waals surface area (Å²) in [4.78, 5) is 24.6. The van der Waals surface area contributed by atoms with Crippen LogP contribution in [0.5, 0.6) is 0 Å². The number of rotatable bonds is 0. The number of amides is 3. The van der Waals surface area contributed by atoms with Crippen molar-refractivity contribution >= 4 is 17.6 Å². The minimum absolute atomic E-state index is 0.250.